The number of anilines is 1. The number of nitrogens with zero attached hydrogens (tertiary/aromatic N) is 1. The van der Waals surface area contributed by atoms with Crippen molar-refractivity contribution in [2.45, 2.75) is 6.92 Å². The van der Waals surface area contributed by atoms with Crippen LogP contribution in [-0.2, 0) is 0 Å². The van der Waals surface area contributed by atoms with Gasteiger partial charge in [0.25, 0.3) is 0 Å². The maximum absolute atomic E-state index is 13.5. The highest BCUT2D eigenvalue weighted by Gasteiger charge is 2.18. The van der Waals surface area contributed by atoms with Gasteiger partial charge in [0.15, 0.2) is 11.6 Å². The molecule has 0 atom stereocenters. The summed E-state index contributed by atoms with van der Waals surface area (Å²) in [6, 6.07) is 2.09. The molecule has 92 valence electrons. The molecule has 0 saturated carbocycles. The second-order valence-corrected chi connectivity index (χ2v) is 3.57. The summed E-state index contributed by atoms with van der Waals surface area (Å²) in [6.45, 7) is 5.84. The summed E-state index contributed by atoms with van der Waals surface area (Å²) in [7, 11) is 1.29. The van der Waals surface area contributed by atoms with Gasteiger partial charge in [-0.3, -0.25) is 10.1 Å². The van der Waals surface area contributed by atoms with E-state index < -0.39 is 16.4 Å². The van der Waals surface area contributed by atoms with E-state index in [-0.39, 0.29) is 11.4 Å². The molecule has 0 radical (unpaired) electrons. The minimum Gasteiger partial charge on any atom is -0.490 e. The molecule has 1 N–H and O–H groups in total. The number of rotatable bonds is 5. The molecule has 1 aromatic rings. The topological polar surface area (TPSA) is 64.4 Å². The summed E-state index contributed by atoms with van der Waals surface area (Å²) in [5.41, 5.74) is 0.572. The predicted octanol–water partition coefficient (Wildman–Crippen LogP) is 2.73. The lowest BCUT2D eigenvalue weighted by Crippen LogP contribution is -2.05. The smallest absolute Gasteiger partial charge is 0.313 e. The highest BCUT2D eigenvalue weighted by atomic mass is 19.1. The first-order chi connectivity index (χ1) is 7.95. The molecule has 17 heavy (non-hydrogen) atoms. The summed E-state index contributed by atoms with van der Waals surface area (Å²) in [5, 5.41) is 13.4. The molecule has 0 aliphatic carbocycles. The van der Waals surface area contributed by atoms with Crippen LogP contribution in [-0.4, -0.2) is 18.6 Å². The molecule has 0 amide bonds. The van der Waals surface area contributed by atoms with E-state index in [0.717, 1.165) is 11.6 Å². The summed E-state index contributed by atoms with van der Waals surface area (Å²) in [4.78, 5) is 9.94. The fourth-order valence-corrected chi connectivity index (χ4v) is 1.23. The van der Waals surface area contributed by atoms with Gasteiger partial charge in [0.05, 0.1) is 23.8 Å². The van der Waals surface area contributed by atoms with Crippen LogP contribution in [0.5, 0.6) is 5.75 Å². The van der Waals surface area contributed by atoms with E-state index in [9.17, 15) is 14.5 Å². The van der Waals surface area contributed by atoms with Gasteiger partial charge in [-0.05, 0) is 6.92 Å². The molecular formula is C11H13FN2O3. The number of halogens is 1. The molecule has 0 bridgehead atoms. The van der Waals surface area contributed by atoms with Crippen molar-refractivity contribution in [3.8, 4) is 5.75 Å². The molecule has 0 heterocycles. The Labute approximate surface area is 98.0 Å². The molecule has 0 aromatic heterocycles. The van der Waals surface area contributed by atoms with Crippen molar-refractivity contribution in [3.63, 3.8) is 0 Å². The van der Waals surface area contributed by atoms with Crippen LogP contribution >= 0.6 is 0 Å². The molecule has 6 heteroatoms. The molecule has 0 aliphatic rings. The van der Waals surface area contributed by atoms with E-state index >= 15 is 0 Å². The SMILES string of the molecule is C=C(C)CNc1cc(OC)c([N+](=O)[O-])cc1F. The first-order valence-electron chi connectivity index (χ1n) is 4.86. The first kappa shape index (κ1) is 13.0. The standard InChI is InChI=1S/C11H13FN2O3/c1-7(2)6-13-9-5-11(17-3)10(14(15)16)4-8(9)12/h4-5,13H,1,6H2,2-3H3. The summed E-state index contributed by atoms with van der Waals surface area (Å²) in [5.74, 6) is -0.681. The van der Waals surface area contributed by atoms with Gasteiger partial charge in [0, 0.05) is 12.6 Å². The number of nitro benzene ring substituents is 1. The van der Waals surface area contributed by atoms with Crippen molar-refractivity contribution in [1.82, 2.24) is 0 Å². The number of nitrogens with one attached hydrogen (secondary N) is 1. The van der Waals surface area contributed by atoms with Crippen LogP contribution in [0.25, 0.3) is 0 Å². The lowest BCUT2D eigenvalue weighted by Gasteiger charge is -2.09. The van der Waals surface area contributed by atoms with Crippen LogP contribution in [0.3, 0.4) is 0 Å². The Kier molecular flexibility index (Phi) is 4.03. The first-order valence-corrected chi connectivity index (χ1v) is 4.86. The van der Waals surface area contributed by atoms with Crippen molar-refractivity contribution < 1.29 is 14.1 Å². The Morgan fingerprint density at radius 3 is 2.76 bits per heavy atom. The molecule has 1 aromatic carbocycles. The van der Waals surface area contributed by atoms with E-state index in [2.05, 4.69) is 11.9 Å². The van der Waals surface area contributed by atoms with Gasteiger partial charge in [-0.1, -0.05) is 12.2 Å². The summed E-state index contributed by atoms with van der Waals surface area (Å²) >= 11 is 0. The van der Waals surface area contributed by atoms with Gasteiger partial charge in [-0.25, -0.2) is 4.39 Å². The van der Waals surface area contributed by atoms with E-state index in [1.165, 1.54) is 13.2 Å². The number of nitro groups is 1. The number of benzene rings is 1. The van der Waals surface area contributed by atoms with E-state index in [1.54, 1.807) is 6.92 Å². The summed E-state index contributed by atoms with van der Waals surface area (Å²) in [6.07, 6.45) is 0. The third kappa shape index (κ3) is 3.17. The molecule has 5 nitrogen and oxygen atoms in total. The van der Waals surface area contributed by atoms with Crippen molar-refractivity contribution in [3.05, 3.63) is 40.2 Å². The van der Waals surface area contributed by atoms with Crippen LogP contribution in [0, 0.1) is 15.9 Å². The van der Waals surface area contributed by atoms with Crippen molar-refractivity contribution in [2.75, 3.05) is 19.0 Å². The molecule has 0 aliphatic heterocycles. The van der Waals surface area contributed by atoms with Crippen LogP contribution in [0.1, 0.15) is 6.92 Å². The molecule has 1 rings (SSSR count). The molecule has 0 saturated heterocycles. The minimum absolute atomic E-state index is 0.0145. The van der Waals surface area contributed by atoms with Crippen LogP contribution in [0.4, 0.5) is 15.8 Å². The Morgan fingerprint density at radius 2 is 2.29 bits per heavy atom. The average Bonchev–Trinajstić information content (AvgIpc) is 2.26. The molecule has 0 spiro atoms. The van der Waals surface area contributed by atoms with Crippen LogP contribution in [0.15, 0.2) is 24.3 Å². The van der Waals surface area contributed by atoms with E-state index in [0.29, 0.717) is 6.54 Å². The molecular weight excluding hydrogens is 227 g/mol. The number of hydrogen-bond donors (Lipinski definition) is 1. The second kappa shape index (κ2) is 5.29. The Morgan fingerprint density at radius 1 is 1.65 bits per heavy atom. The fraction of sp³-hybridized carbons (Fsp3) is 0.273. The highest BCUT2D eigenvalue weighted by molar-refractivity contribution is 5.59. The van der Waals surface area contributed by atoms with Gasteiger partial charge in [0.1, 0.15) is 0 Å². The lowest BCUT2D eigenvalue weighted by molar-refractivity contribution is -0.385. The number of hydrogen-bond acceptors (Lipinski definition) is 4. The quantitative estimate of drug-likeness (QED) is 0.488. The van der Waals surface area contributed by atoms with Crippen molar-refractivity contribution in [2.24, 2.45) is 0 Å². The van der Waals surface area contributed by atoms with Gasteiger partial charge in [-0.2, -0.15) is 0 Å². The Balaban J connectivity index is 3.08. The third-order valence-electron chi connectivity index (χ3n) is 2.05. The predicted molar refractivity (Wildman–Crippen MR) is 62.9 cm³/mol. The second-order valence-electron chi connectivity index (χ2n) is 3.57. The van der Waals surface area contributed by atoms with Crippen molar-refractivity contribution in [1.29, 1.82) is 0 Å². The fourth-order valence-electron chi connectivity index (χ4n) is 1.23. The highest BCUT2D eigenvalue weighted by Crippen LogP contribution is 2.32. The zero-order valence-corrected chi connectivity index (χ0v) is 9.62. The normalized spacial score (nSPS) is 9.82. The molecule has 0 fully saturated rings. The number of ether oxygens (including phenoxy) is 1. The Bertz CT molecular complexity index is 460. The van der Waals surface area contributed by atoms with Gasteiger partial charge < -0.3 is 10.1 Å². The van der Waals surface area contributed by atoms with Crippen LogP contribution in [0.2, 0.25) is 0 Å². The van der Waals surface area contributed by atoms with Crippen LogP contribution < -0.4 is 10.1 Å². The Hall–Kier alpha value is -2.11. The van der Waals surface area contributed by atoms with E-state index in [1.807, 2.05) is 0 Å². The number of methoxy groups -OCH3 is 1. The summed E-state index contributed by atoms with van der Waals surface area (Å²) < 4.78 is 18.4. The minimum atomic E-state index is -0.696. The average molecular weight is 240 g/mol. The maximum atomic E-state index is 13.5. The van der Waals surface area contributed by atoms with E-state index in [4.69, 9.17) is 4.74 Å². The lowest BCUT2D eigenvalue weighted by atomic mass is 10.2. The van der Waals surface area contributed by atoms with Gasteiger partial charge in [-0.15, -0.1) is 0 Å². The largest absolute Gasteiger partial charge is 0.490 e. The third-order valence-corrected chi connectivity index (χ3v) is 2.05. The zero-order valence-electron chi connectivity index (χ0n) is 9.62. The zero-order chi connectivity index (χ0) is 13.0. The van der Waals surface area contributed by atoms with Crippen molar-refractivity contribution >= 4 is 11.4 Å². The maximum Gasteiger partial charge on any atom is 0.313 e. The monoisotopic (exact) mass is 240 g/mol. The van der Waals surface area contributed by atoms with Gasteiger partial charge in [0.2, 0.25) is 0 Å². The van der Waals surface area contributed by atoms with Gasteiger partial charge >= 0.3 is 5.69 Å². The molecule has 0 unspecified atom stereocenters.